The fraction of sp³-hybridized carbons (Fsp3) is 0.308. The van der Waals surface area contributed by atoms with Crippen molar-refractivity contribution in [3.05, 3.63) is 35.7 Å². The van der Waals surface area contributed by atoms with E-state index in [1.165, 1.54) is 0 Å². The van der Waals surface area contributed by atoms with Crippen LogP contribution in [0, 0.1) is 6.92 Å². The molecule has 0 amide bonds. The molecule has 0 radical (unpaired) electrons. The fourth-order valence-electron chi connectivity index (χ4n) is 1.79. The van der Waals surface area contributed by atoms with Gasteiger partial charge in [0.15, 0.2) is 0 Å². The summed E-state index contributed by atoms with van der Waals surface area (Å²) < 4.78 is 6.79. The molecule has 0 saturated carbocycles. The number of methoxy groups -OCH3 is 1. The number of carbonyl (C=O) groups is 1. The minimum atomic E-state index is -0.835. The van der Waals surface area contributed by atoms with Crippen LogP contribution in [-0.4, -0.2) is 33.2 Å². The van der Waals surface area contributed by atoms with E-state index in [0.717, 1.165) is 17.1 Å². The topological polar surface area (TPSA) is 77.2 Å². The highest BCUT2D eigenvalue weighted by molar-refractivity contribution is 5.67. The number of carboxylic acid groups (broad SMARTS) is 1. The molecule has 1 N–H and O–H groups in total. The molecule has 0 saturated heterocycles. The largest absolute Gasteiger partial charge is 0.497 e. The summed E-state index contributed by atoms with van der Waals surface area (Å²) in [7, 11) is 1.61. The molecule has 0 bridgehead atoms. The number of hydrogen-bond donors (Lipinski definition) is 1. The summed E-state index contributed by atoms with van der Waals surface area (Å²) >= 11 is 0. The molecule has 0 unspecified atom stereocenters. The Hall–Kier alpha value is -2.37. The van der Waals surface area contributed by atoms with Gasteiger partial charge in [0.2, 0.25) is 0 Å². The van der Waals surface area contributed by atoms with E-state index in [1.807, 2.05) is 31.2 Å². The lowest BCUT2D eigenvalue weighted by Gasteiger charge is -2.05. The molecule has 2 aromatic rings. The third-order valence-electron chi connectivity index (χ3n) is 2.88. The number of rotatable bonds is 5. The van der Waals surface area contributed by atoms with Gasteiger partial charge in [-0.05, 0) is 31.2 Å². The van der Waals surface area contributed by atoms with Crippen LogP contribution < -0.4 is 4.74 Å². The zero-order valence-electron chi connectivity index (χ0n) is 10.8. The monoisotopic (exact) mass is 261 g/mol. The van der Waals surface area contributed by atoms with E-state index in [1.54, 1.807) is 11.8 Å². The van der Waals surface area contributed by atoms with Crippen LogP contribution in [0.3, 0.4) is 0 Å². The van der Waals surface area contributed by atoms with Crippen molar-refractivity contribution in [2.45, 2.75) is 19.8 Å². The Morgan fingerprint density at radius 1 is 1.37 bits per heavy atom. The lowest BCUT2D eigenvalue weighted by atomic mass is 10.2. The Balaban J connectivity index is 2.22. The maximum Gasteiger partial charge on any atom is 0.303 e. The molecule has 19 heavy (non-hydrogen) atoms. The molecule has 6 nitrogen and oxygen atoms in total. The van der Waals surface area contributed by atoms with Crippen LogP contribution >= 0.6 is 0 Å². The van der Waals surface area contributed by atoms with E-state index in [2.05, 4.69) is 10.3 Å². The first-order chi connectivity index (χ1) is 9.11. The minimum Gasteiger partial charge on any atom is -0.497 e. The average Bonchev–Trinajstić information content (AvgIpc) is 2.78. The van der Waals surface area contributed by atoms with Gasteiger partial charge in [-0.3, -0.25) is 4.79 Å². The molecular formula is C13H15N3O3. The summed E-state index contributed by atoms with van der Waals surface area (Å²) in [5.74, 6) is -0.0639. The van der Waals surface area contributed by atoms with Crippen LogP contribution in [0.5, 0.6) is 5.75 Å². The van der Waals surface area contributed by atoms with E-state index in [4.69, 9.17) is 9.84 Å². The average molecular weight is 261 g/mol. The van der Waals surface area contributed by atoms with Crippen molar-refractivity contribution in [3.8, 4) is 11.4 Å². The third kappa shape index (κ3) is 2.90. The summed E-state index contributed by atoms with van der Waals surface area (Å²) in [6, 6.07) is 7.43. The van der Waals surface area contributed by atoms with Crippen molar-refractivity contribution >= 4 is 5.97 Å². The Bertz CT molecular complexity index is 575. The highest BCUT2D eigenvalue weighted by atomic mass is 16.5. The Kier molecular flexibility index (Phi) is 3.79. The number of benzene rings is 1. The van der Waals surface area contributed by atoms with Gasteiger partial charge in [0.05, 0.1) is 30.6 Å². The first-order valence-electron chi connectivity index (χ1n) is 5.89. The minimum absolute atomic E-state index is 0.0577. The smallest absolute Gasteiger partial charge is 0.303 e. The highest BCUT2D eigenvalue weighted by Gasteiger charge is 2.11. The predicted molar refractivity (Wildman–Crippen MR) is 68.6 cm³/mol. The number of ether oxygens (including phenoxy) is 1. The van der Waals surface area contributed by atoms with E-state index >= 15 is 0 Å². The van der Waals surface area contributed by atoms with E-state index in [0.29, 0.717) is 12.1 Å². The maximum absolute atomic E-state index is 10.6. The predicted octanol–water partition coefficient (Wildman–Crippen LogP) is 1.60. The molecule has 0 aliphatic heterocycles. The van der Waals surface area contributed by atoms with Crippen LogP contribution in [0.2, 0.25) is 0 Å². The van der Waals surface area contributed by atoms with Gasteiger partial charge in [0.1, 0.15) is 5.75 Å². The quantitative estimate of drug-likeness (QED) is 0.884. The van der Waals surface area contributed by atoms with Gasteiger partial charge >= 0.3 is 5.97 Å². The molecule has 1 aromatic carbocycles. The van der Waals surface area contributed by atoms with Gasteiger partial charge in [-0.2, -0.15) is 0 Å². The molecule has 100 valence electrons. The van der Waals surface area contributed by atoms with Crippen LogP contribution in [0.1, 0.15) is 17.8 Å². The SMILES string of the molecule is COc1ccc(-n2nnc(CCC(=O)O)c2C)cc1. The van der Waals surface area contributed by atoms with Crippen LogP contribution in [-0.2, 0) is 11.2 Å². The van der Waals surface area contributed by atoms with Crippen LogP contribution in [0.15, 0.2) is 24.3 Å². The standard InChI is InChI=1S/C13H15N3O3/c1-9-12(7-8-13(17)18)14-15-16(9)10-3-5-11(19-2)6-4-10/h3-6H,7-8H2,1-2H3,(H,17,18). The molecule has 0 atom stereocenters. The van der Waals surface area contributed by atoms with E-state index in [9.17, 15) is 4.79 Å². The Morgan fingerprint density at radius 3 is 2.63 bits per heavy atom. The number of hydrogen-bond acceptors (Lipinski definition) is 4. The van der Waals surface area contributed by atoms with Crippen molar-refractivity contribution < 1.29 is 14.6 Å². The van der Waals surface area contributed by atoms with E-state index < -0.39 is 5.97 Å². The number of aryl methyl sites for hydroxylation is 1. The third-order valence-corrected chi connectivity index (χ3v) is 2.88. The molecule has 0 fully saturated rings. The summed E-state index contributed by atoms with van der Waals surface area (Å²) in [5.41, 5.74) is 2.43. The van der Waals surface area contributed by atoms with Gasteiger partial charge in [-0.15, -0.1) is 5.10 Å². The fourth-order valence-corrected chi connectivity index (χ4v) is 1.79. The molecule has 2 rings (SSSR count). The number of carboxylic acids is 1. The molecule has 0 aliphatic rings. The lowest BCUT2D eigenvalue weighted by Crippen LogP contribution is -2.01. The summed E-state index contributed by atoms with van der Waals surface area (Å²) in [6.45, 7) is 1.88. The summed E-state index contributed by atoms with van der Waals surface area (Å²) in [4.78, 5) is 10.6. The van der Waals surface area contributed by atoms with Gasteiger partial charge < -0.3 is 9.84 Å². The highest BCUT2D eigenvalue weighted by Crippen LogP contribution is 2.17. The van der Waals surface area contributed by atoms with Gasteiger partial charge in [0.25, 0.3) is 0 Å². The number of aromatic nitrogens is 3. The molecule has 1 heterocycles. The molecular weight excluding hydrogens is 246 g/mol. The Labute approximate surface area is 110 Å². The van der Waals surface area contributed by atoms with Crippen LogP contribution in [0.4, 0.5) is 0 Å². The van der Waals surface area contributed by atoms with Crippen molar-refractivity contribution in [2.75, 3.05) is 7.11 Å². The normalized spacial score (nSPS) is 10.4. The second-order valence-corrected chi connectivity index (χ2v) is 4.13. The molecule has 1 aromatic heterocycles. The molecule has 0 aliphatic carbocycles. The number of aliphatic carboxylic acids is 1. The van der Waals surface area contributed by atoms with Crippen molar-refractivity contribution in [3.63, 3.8) is 0 Å². The van der Waals surface area contributed by atoms with Crippen LogP contribution in [0.25, 0.3) is 5.69 Å². The first kappa shape index (κ1) is 13.1. The summed E-state index contributed by atoms with van der Waals surface area (Å²) in [5, 5.41) is 16.8. The van der Waals surface area contributed by atoms with E-state index in [-0.39, 0.29) is 6.42 Å². The lowest BCUT2D eigenvalue weighted by molar-refractivity contribution is -0.136. The molecule has 6 heteroatoms. The first-order valence-corrected chi connectivity index (χ1v) is 5.89. The second kappa shape index (κ2) is 5.51. The van der Waals surface area contributed by atoms with Gasteiger partial charge in [-0.1, -0.05) is 5.21 Å². The zero-order valence-corrected chi connectivity index (χ0v) is 10.8. The second-order valence-electron chi connectivity index (χ2n) is 4.13. The molecule has 0 spiro atoms. The van der Waals surface area contributed by atoms with Gasteiger partial charge in [-0.25, -0.2) is 4.68 Å². The Morgan fingerprint density at radius 2 is 2.05 bits per heavy atom. The van der Waals surface area contributed by atoms with Crippen molar-refractivity contribution in [2.24, 2.45) is 0 Å². The van der Waals surface area contributed by atoms with Crippen molar-refractivity contribution in [1.29, 1.82) is 0 Å². The number of nitrogens with zero attached hydrogens (tertiary/aromatic N) is 3. The van der Waals surface area contributed by atoms with Gasteiger partial charge in [0, 0.05) is 6.42 Å². The zero-order chi connectivity index (χ0) is 13.8. The maximum atomic E-state index is 10.6. The summed E-state index contributed by atoms with van der Waals surface area (Å²) in [6.07, 6.45) is 0.444. The van der Waals surface area contributed by atoms with Crippen molar-refractivity contribution in [1.82, 2.24) is 15.0 Å².